The number of carbonyl (C=O) groups excluding carboxylic acids is 4. The summed E-state index contributed by atoms with van der Waals surface area (Å²) in [4.78, 5) is 47.3. The second-order valence-electron chi connectivity index (χ2n) is 4.42. The third-order valence-corrected chi connectivity index (χ3v) is 2.75. The quantitative estimate of drug-likeness (QED) is 0.359. The Hall–Kier alpha value is -1.96. The van der Waals surface area contributed by atoms with Crippen LogP contribution in [0.2, 0.25) is 0 Å². The topological polar surface area (TPSA) is 116 Å². The average Bonchev–Trinajstić information content (AvgIpc) is 2.38. The van der Waals surface area contributed by atoms with Crippen molar-refractivity contribution in [3.8, 4) is 0 Å². The number of ketones is 1. The lowest BCUT2D eigenvalue weighted by molar-refractivity contribution is -0.187. The predicted molar refractivity (Wildman–Crippen MR) is 73.6 cm³/mol. The van der Waals surface area contributed by atoms with Gasteiger partial charge in [0.2, 0.25) is 0 Å². The zero-order valence-electron chi connectivity index (χ0n) is 13.2. The third kappa shape index (κ3) is 5.10. The van der Waals surface area contributed by atoms with Crippen molar-refractivity contribution in [1.29, 1.82) is 0 Å². The number of hydrogen-bond donors (Lipinski definition) is 1. The summed E-state index contributed by atoms with van der Waals surface area (Å²) in [6, 6.07) is 0. The van der Waals surface area contributed by atoms with Crippen molar-refractivity contribution in [2.75, 3.05) is 19.8 Å². The molecule has 2 unspecified atom stereocenters. The van der Waals surface area contributed by atoms with Crippen LogP contribution >= 0.6 is 0 Å². The van der Waals surface area contributed by atoms with Crippen LogP contribution in [0.5, 0.6) is 0 Å². The zero-order chi connectivity index (χ0) is 17.3. The highest BCUT2D eigenvalue weighted by Gasteiger charge is 2.54. The van der Waals surface area contributed by atoms with Crippen LogP contribution in [0.25, 0.3) is 0 Å². The van der Waals surface area contributed by atoms with Crippen molar-refractivity contribution in [2.24, 2.45) is 5.92 Å². The van der Waals surface area contributed by atoms with E-state index in [0.717, 1.165) is 6.92 Å². The minimum Gasteiger partial charge on any atom is -0.466 e. The summed E-state index contributed by atoms with van der Waals surface area (Å²) in [6.45, 7) is 5.39. The van der Waals surface area contributed by atoms with Gasteiger partial charge in [0.05, 0.1) is 26.2 Å². The van der Waals surface area contributed by atoms with Gasteiger partial charge in [-0.25, -0.2) is 4.79 Å². The monoisotopic (exact) mass is 318 g/mol. The van der Waals surface area contributed by atoms with Crippen molar-refractivity contribution < 1.29 is 38.5 Å². The van der Waals surface area contributed by atoms with Crippen molar-refractivity contribution in [3.05, 3.63) is 0 Å². The van der Waals surface area contributed by atoms with E-state index in [2.05, 4.69) is 9.47 Å². The third-order valence-electron chi connectivity index (χ3n) is 2.75. The Morgan fingerprint density at radius 2 is 1.45 bits per heavy atom. The number of Topliss-reactive ketones (excluding diaryl/α,β-unsaturated/α-hetero) is 1. The highest BCUT2D eigenvalue weighted by Crippen LogP contribution is 2.27. The maximum atomic E-state index is 12.0. The molecular weight excluding hydrogens is 296 g/mol. The minimum atomic E-state index is -2.67. The van der Waals surface area contributed by atoms with Gasteiger partial charge in [-0.2, -0.15) is 0 Å². The van der Waals surface area contributed by atoms with Crippen LogP contribution in [0.1, 0.15) is 34.1 Å². The summed E-state index contributed by atoms with van der Waals surface area (Å²) in [5.74, 6) is -5.98. The number of hydrogen-bond acceptors (Lipinski definition) is 8. The number of ether oxygens (including phenoxy) is 3. The van der Waals surface area contributed by atoms with Gasteiger partial charge in [0.1, 0.15) is 5.78 Å². The van der Waals surface area contributed by atoms with E-state index in [4.69, 9.17) is 4.74 Å². The largest absolute Gasteiger partial charge is 0.466 e. The molecule has 2 atom stereocenters. The molecule has 0 radical (unpaired) electrons. The molecule has 0 aliphatic heterocycles. The fraction of sp³-hybridized carbons (Fsp3) is 0.714. The summed E-state index contributed by atoms with van der Waals surface area (Å²) in [5, 5.41) is 10.5. The Kier molecular flexibility index (Phi) is 8.32. The second-order valence-corrected chi connectivity index (χ2v) is 4.42. The Morgan fingerprint density at radius 3 is 1.86 bits per heavy atom. The van der Waals surface area contributed by atoms with E-state index in [9.17, 15) is 24.3 Å². The molecule has 1 N–H and O–H groups in total. The molecule has 0 heterocycles. The lowest BCUT2D eigenvalue weighted by Gasteiger charge is -2.30. The first kappa shape index (κ1) is 20.0. The van der Waals surface area contributed by atoms with Gasteiger partial charge in [0.25, 0.3) is 0 Å². The lowest BCUT2D eigenvalue weighted by Crippen LogP contribution is -2.54. The molecule has 22 heavy (non-hydrogen) atoms. The predicted octanol–water partition coefficient (Wildman–Crippen LogP) is 0.00210. The number of esters is 3. The maximum Gasteiger partial charge on any atom is 0.340 e. The number of carbonyl (C=O) groups is 4. The molecule has 0 spiro atoms. The first-order valence-corrected chi connectivity index (χ1v) is 6.96. The van der Waals surface area contributed by atoms with Crippen LogP contribution in [-0.2, 0) is 33.4 Å². The Balaban J connectivity index is 5.67. The van der Waals surface area contributed by atoms with Crippen molar-refractivity contribution in [3.63, 3.8) is 0 Å². The molecule has 0 aromatic carbocycles. The minimum absolute atomic E-state index is 0.0158. The summed E-state index contributed by atoms with van der Waals surface area (Å²) < 4.78 is 14.1. The summed E-state index contributed by atoms with van der Waals surface area (Å²) >= 11 is 0. The molecule has 126 valence electrons. The van der Waals surface area contributed by atoms with Gasteiger partial charge >= 0.3 is 17.9 Å². The van der Waals surface area contributed by atoms with Crippen LogP contribution in [0.3, 0.4) is 0 Å². The van der Waals surface area contributed by atoms with E-state index in [1.807, 2.05) is 0 Å². The van der Waals surface area contributed by atoms with Gasteiger partial charge in [-0.1, -0.05) is 0 Å². The molecule has 0 bridgehead atoms. The van der Waals surface area contributed by atoms with E-state index in [1.165, 1.54) is 20.8 Å². The highest BCUT2D eigenvalue weighted by atomic mass is 16.6. The summed E-state index contributed by atoms with van der Waals surface area (Å²) in [5.41, 5.74) is -2.67. The molecule has 8 heteroatoms. The van der Waals surface area contributed by atoms with Crippen LogP contribution in [0.4, 0.5) is 0 Å². The Bertz CT molecular complexity index is 431. The standard InChI is InChI=1S/C14H22O8/c1-5-20-10(16)8-14(19,13(18)22-7-3)11(9(4)15)12(17)21-6-2/h11,19H,5-8H2,1-4H3. The van der Waals surface area contributed by atoms with Crippen LogP contribution < -0.4 is 0 Å². The lowest BCUT2D eigenvalue weighted by atomic mass is 9.81. The first-order chi connectivity index (χ1) is 10.2. The fourth-order valence-electron chi connectivity index (χ4n) is 1.90. The average molecular weight is 318 g/mol. The van der Waals surface area contributed by atoms with E-state index in [-0.39, 0.29) is 19.8 Å². The van der Waals surface area contributed by atoms with Crippen molar-refractivity contribution in [2.45, 2.75) is 39.7 Å². The van der Waals surface area contributed by atoms with Gasteiger partial charge in [-0.05, 0) is 27.7 Å². The molecule has 0 saturated heterocycles. The Labute approximate surface area is 128 Å². The van der Waals surface area contributed by atoms with E-state index in [0.29, 0.717) is 0 Å². The SMILES string of the molecule is CCOC(=O)CC(O)(C(=O)OCC)C(C(C)=O)C(=O)OCC. The van der Waals surface area contributed by atoms with Gasteiger partial charge in [-0.3, -0.25) is 14.4 Å². The van der Waals surface area contributed by atoms with E-state index in [1.54, 1.807) is 0 Å². The molecule has 0 rings (SSSR count). The van der Waals surface area contributed by atoms with Crippen LogP contribution in [-0.4, -0.2) is 54.2 Å². The molecular formula is C14H22O8. The fourth-order valence-corrected chi connectivity index (χ4v) is 1.90. The van der Waals surface area contributed by atoms with Gasteiger partial charge in [0.15, 0.2) is 11.5 Å². The summed E-state index contributed by atoms with van der Waals surface area (Å²) in [7, 11) is 0. The van der Waals surface area contributed by atoms with Gasteiger partial charge < -0.3 is 19.3 Å². The maximum absolute atomic E-state index is 12.0. The molecule has 0 aliphatic carbocycles. The van der Waals surface area contributed by atoms with Gasteiger partial charge in [-0.15, -0.1) is 0 Å². The number of rotatable bonds is 9. The normalized spacial score (nSPS) is 14.4. The smallest absolute Gasteiger partial charge is 0.340 e. The Morgan fingerprint density at radius 1 is 0.955 bits per heavy atom. The van der Waals surface area contributed by atoms with E-state index < -0.39 is 41.6 Å². The van der Waals surface area contributed by atoms with Crippen LogP contribution in [0, 0.1) is 5.92 Å². The van der Waals surface area contributed by atoms with Gasteiger partial charge in [0, 0.05) is 0 Å². The molecule has 0 saturated carbocycles. The molecule has 8 nitrogen and oxygen atoms in total. The highest BCUT2D eigenvalue weighted by molar-refractivity contribution is 6.05. The van der Waals surface area contributed by atoms with Crippen molar-refractivity contribution in [1.82, 2.24) is 0 Å². The molecule has 0 aromatic rings. The van der Waals surface area contributed by atoms with Crippen molar-refractivity contribution >= 4 is 23.7 Å². The molecule has 0 aromatic heterocycles. The molecule has 0 amide bonds. The molecule has 0 fully saturated rings. The zero-order valence-corrected chi connectivity index (χ0v) is 13.2. The van der Waals surface area contributed by atoms with Crippen LogP contribution in [0.15, 0.2) is 0 Å². The van der Waals surface area contributed by atoms with E-state index >= 15 is 0 Å². The second kappa shape index (κ2) is 9.14. The number of aliphatic hydroxyl groups is 1. The first-order valence-electron chi connectivity index (χ1n) is 6.96. The summed E-state index contributed by atoms with van der Waals surface area (Å²) in [6.07, 6.45) is -0.886. The molecule has 0 aliphatic rings.